The number of halogens is 2. The lowest BCUT2D eigenvalue weighted by atomic mass is 9.92. The molecule has 0 aromatic rings. The predicted octanol–water partition coefficient (Wildman–Crippen LogP) is 3.09. The highest BCUT2D eigenvalue weighted by atomic mass is 79.9. The number of aliphatic hydroxyl groups is 1. The van der Waals surface area contributed by atoms with Crippen molar-refractivity contribution >= 4 is 31.9 Å². The van der Waals surface area contributed by atoms with E-state index in [-0.39, 0.29) is 0 Å². The van der Waals surface area contributed by atoms with E-state index in [9.17, 15) is 5.11 Å². The first-order valence-corrected chi connectivity index (χ1v) is 6.04. The highest BCUT2D eigenvalue weighted by Gasteiger charge is 2.24. The van der Waals surface area contributed by atoms with Crippen molar-refractivity contribution in [1.29, 1.82) is 0 Å². The molecule has 0 saturated heterocycles. The summed E-state index contributed by atoms with van der Waals surface area (Å²) in [4.78, 5) is 0.382. The maximum Gasteiger partial charge on any atom is 0.0653 e. The van der Waals surface area contributed by atoms with E-state index in [0.29, 0.717) is 4.83 Å². The van der Waals surface area contributed by atoms with Crippen LogP contribution in [0.2, 0.25) is 0 Å². The van der Waals surface area contributed by atoms with Gasteiger partial charge in [0.25, 0.3) is 0 Å². The van der Waals surface area contributed by atoms with Crippen LogP contribution in [0.1, 0.15) is 33.1 Å². The molecule has 0 radical (unpaired) electrons. The van der Waals surface area contributed by atoms with Crippen LogP contribution in [0.25, 0.3) is 0 Å². The summed E-state index contributed by atoms with van der Waals surface area (Å²) in [6.45, 7) is 4.05. The normalized spacial score (nSPS) is 15.0. The fourth-order valence-corrected chi connectivity index (χ4v) is 1.84. The second-order valence-electron chi connectivity index (χ2n) is 2.89. The topological polar surface area (TPSA) is 20.2 Å². The van der Waals surface area contributed by atoms with Crippen molar-refractivity contribution in [3.05, 3.63) is 0 Å². The van der Waals surface area contributed by atoms with Gasteiger partial charge in [0.1, 0.15) is 0 Å². The molecule has 0 rings (SSSR count). The Kier molecular flexibility index (Phi) is 6.01. The van der Waals surface area contributed by atoms with E-state index >= 15 is 0 Å². The molecule has 3 heteroatoms. The highest BCUT2D eigenvalue weighted by Crippen LogP contribution is 2.25. The summed E-state index contributed by atoms with van der Waals surface area (Å²) in [5.41, 5.74) is -0.470. The zero-order chi connectivity index (χ0) is 8.91. The molecule has 0 aliphatic rings. The van der Waals surface area contributed by atoms with Crippen LogP contribution < -0.4 is 0 Å². The number of rotatable bonds is 5. The van der Waals surface area contributed by atoms with Gasteiger partial charge in [0.15, 0.2) is 0 Å². The van der Waals surface area contributed by atoms with Crippen molar-refractivity contribution in [2.75, 3.05) is 5.33 Å². The fourth-order valence-electron chi connectivity index (χ4n) is 1.01. The molecule has 0 heterocycles. The van der Waals surface area contributed by atoms with Gasteiger partial charge in [-0.1, -0.05) is 45.7 Å². The molecular formula is C8H16Br2O. The Morgan fingerprint density at radius 3 is 2.09 bits per heavy atom. The van der Waals surface area contributed by atoms with Crippen molar-refractivity contribution in [3.8, 4) is 0 Å². The Bertz CT molecular complexity index is 102. The molecule has 1 nitrogen and oxygen atoms in total. The third-order valence-electron chi connectivity index (χ3n) is 2.09. The second kappa shape index (κ2) is 5.55. The number of hydrogen-bond acceptors (Lipinski definition) is 1. The average Bonchev–Trinajstić information content (AvgIpc) is 2.04. The Morgan fingerprint density at radius 1 is 1.36 bits per heavy atom. The zero-order valence-corrected chi connectivity index (χ0v) is 10.3. The summed E-state index contributed by atoms with van der Waals surface area (Å²) >= 11 is 6.86. The standard InChI is InChI=1S/C8H16Br2O/c1-3-8(11,4-2)5-7(10)6-9/h7,11H,3-6H2,1-2H3. The van der Waals surface area contributed by atoms with Gasteiger partial charge < -0.3 is 5.11 Å². The zero-order valence-electron chi connectivity index (χ0n) is 7.11. The van der Waals surface area contributed by atoms with Gasteiger partial charge >= 0.3 is 0 Å². The monoisotopic (exact) mass is 286 g/mol. The predicted molar refractivity (Wildman–Crippen MR) is 56.7 cm³/mol. The molecule has 0 aromatic heterocycles. The van der Waals surface area contributed by atoms with Crippen LogP contribution in [0.5, 0.6) is 0 Å². The Balaban J connectivity index is 3.86. The van der Waals surface area contributed by atoms with Crippen molar-refractivity contribution in [2.24, 2.45) is 0 Å². The van der Waals surface area contributed by atoms with Crippen LogP contribution in [-0.2, 0) is 0 Å². The third kappa shape index (κ3) is 4.48. The number of hydrogen-bond donors (Lipinski definition) is 1. The van der Waals surface area contributed by atoms with Crippen LogP contribution in [0, 0.1) is 0 Å². The summed E-state index contributed by atoms with van der Waals surface area (Å²) in [7, 11) is 0. The molecule has 1 N–H and O–H groups in total. The van der Waals surface area contributed by atoms with Gasteiger partial charge in [-0.3, -0.25) is 0 Å². The van der Waals surface area contributed by atoms with Gasteiger partial charge in [-0.2, -0.15) is 0 Å². The summed E-state index contributed by atoms with van der Waals surface area (Å²) in [6, 6.07) is 0. The van der Waals surface area contributed by atoms with Gasteiger partial charge in [0.2, 0.25) is 0 Å². The van der Waals surface area contributed by atoms with Gasteiger partial charge in [-0.15, -0.1) is 0 Å². The first-order chi connectivity index (χ1) is 5.08. The lowest BCUT2D eigenvalue weighted by molar-refractivity contribution is 0.0251. The molecule has 1 atom stereocenters. The minimum absolute atomic E-state index is 0.382. The van der Waals surface area contributed by atoms with Crippen molar-refractivity contribution < 1.29 is 5.11 Å². The summed E-state index contributed by atoms with van der Waals surface area (Å²) in [6.07, 6.45) is 2.49. The molecule has 0 bridgehead atoms. The molecule has 1 unspecified atom stereocenters. The van der Waals surface area contributed by atoms with Crippen LogP contribution >= 0.6 is 31.9 Å². The van der Waals surface area contributed by atoms with Crippen LogP contribution in [0.4, 0.5) is 0 Å². The Morgan fingerprint density at radius 2 is 1.82 bits per heavy atom. The molecule has 0 aliphatic carbocycles. The van der Waals surface area contributed by atoms with Gasteiger partial charge in [0, 0.05) is 10.2 Å². The van der Waals surface area contributed by atoms with E-state index in [1.54, 1.807) is 0 Å². The Hall–Kier alpha value is 0.920. The molecule has 0 aromatic carbocycles. The first-order valence-electron chi connectivity index (χ1n) is 4.00. The molecular weight excluding hydrogens is 272 g/mol. The minimum Gasteiger partial charge on any atom is -0.390 e. The van der Waals surface area contributed by atoms with E-state index in [4.69, 9.17) is 0 Å². The molecule has 0 fully saturated rings. The van der Waals surface area contributed by atoms with Crippen molar-refractivity contribution in [1.82, 2.24) is 0 Å². The van der Waals surface area contributed by atoms with Crippen molar-refractivity contribution in [2.45, 2.75) is 43.5 Å². The van der Waals surface area contributed by atoms with E-state index in [1.807, 2.05) is 13.8 Å². The highest BCUT2D eigenvalue weighted by molar-refractivity contribution is 9.12. The maximum absolute atomic E-state index is 9.88. The van der Waals surface area contributed by atoms with Gasteiger partial charge in [-0.25, -0.2) is 0 Å². The quantitative estimate of drug-likeness (QED) is 0.771. The third-order valence-corrected chi connectivity index (χ3v) is 4.38. The molecule has 68 valence electrons. The minimum atomic E-state index is -0.470. The maximum atomic E-state index is 9.88. The molecule has 11 heavy (non-hydrogen) atoms. The molecule has 0 aliphatic heterocycles. The lowest BCUT2D eigenvalue weighted by Crippen LogP contribution is -2.30. The Labute approximate surface area is 85.8 Å². The fraction of sp³-hybridized carbons (Fsp3) is 1.00. The largest absolute Gasteiger partial charge is 0.390 e. The first kappa shape index (κ1) is 11.9. The second-order valence-corrected chi connectivity index (χ2v) is 4.83. The average molecular weight is 288 g/mol. The number of alkyl halides is 2. The molecule has 0 amide bonds. The van der Waals surface area contributed by atoms with Gasteiger partial charge in [-0.05, 0) is 19.3 Å². The van der Waals surface area contributed by atoms with Gasteiger partial charge in [0.05, 0.1) is 5.60 Å². The van der Waals surface area contributed by atoms with E-state index in [0.717, 1.165) is 24.6 Å². The molecule has 0 spiro atoms. The summed E-state index contributed by atoms with van der Waals surface area (Å²) in [5.74, 6) is 0. The molecule has 0 saturated carbocycles. The summed E-state index contributed by atoms with van der Waals surface area (Å²) in [5, 5.41) is 10.8. The SMILES string of the molecule is CCC(O)(CC)CC(Br)CBr. The van der Waals surface area contributed by atoms with E-state index in [2.05, 4.69) is 31.9 Å². The lowest BCUT2D eigenvalue weighted by Gasteiger charge is -2.26. The van der Waals surface area contributed by atoms with Crippen LogP contribution in [0.3, 0.4) is 0 Å². The van der Waals surface area contributed by atoms with Crippen LogP contribution in [-0.4, -0.2) is 20.9 Å². The summed E-state index contributed by atoms with van der Waals surface area (Å²) < 4.78 is 0. The van der Waals surface area contributed by atoms with Crippen molar-refractivity contribution in [3.63, 3.8) is 0 Å². The van der Waals surface area contributed by atoms with E-state index < -0.39 is 5.60 Å². The smallest absolute Gasteiger partial charge is 0.0653 e. The van der Waals surface area contributed by atoms with E-state index in [1.165, 1.54) is 0 Å². The van der Waals surface area contributed by atoms with Crippen LogP contribution in [0.15, 0.2) is 0 Å².